The van der Waals surface area contributed by atoms with Gasteiger partial charge in [0, 0.05) is 26.2 Å². The number of benzene rings is 1. The Kier molecular flexibility index (Phi) is 3.73. The predicted octanol–water partition coefficient (Wildman–Crippen LogP) is 0.452. The predicted molar refractivity (Wildman–Crippen MR) is 79.9 cm³/mol. The molecule has 1 fully saturated rings. The lowest BCUT2D eigenvalue weighted by atomic mass is 10.2. The highest BCUT2D eigenvalue weighted by molar-refractivity contribution is 5.98. The van der Waals surface area contributed by atoms with Crippen LogP contribution in [0.3, 0.4) is 0 Å². The Morgan fingerprint density at radius 2 is 2.19 bits per heavy atom. The molecule has 2 aliphatic rings. The third-order valence-electron chi connectivity index (χ3n) is 4.01. The first-order chi connectivity index (χ1) is 10.0. The smallest absolute Gasteiger partial charge is 0.247 e. The van der Waals surface area contributed by atoms with Crippen LogP contribution in [0.25, 0.3) is 0 Å². The molecule has 21 heavy (non-hydrogen) atoms. The molecule has 0 spiro atoms. The van der Waals surface area contributed by atoms with Crippen LogP contribution in [0, 0.1) is 0 Å². The number of fused-ring (bicyclic) bond motifs is 1. The Bertz CT molecular complexity index is 549. The van der Waals surface area contributed by atoms with Gasteiger partial charge in [-0.05, 0) is 25.6 Å². The van der Waals surface area contributed by atoms with E-state index in [2.05, 4.69) is 11.9 Å². The zero-order chi connectivity index (χ0) is 15.0. The number of carbonyl (C=O) groups excluding carboxylic acids is 1. The third-order valence-corrected chi connectivity index (χ3v) is 4.01. The Morgan fingerprint density at radius 1 is 1.38 bits per heavy atom. The standard InChI is InChI=1S/C15H21N3O3/c1-17-6-5-11(8-17)21-10-3-4-14-13(7-10)18(2)15(19)12(16)9-20-14/h3-4,7,11-12H,5-6,8-9,16H2,1-2H3/t11-,12+/m1/s1. The van der Waals surface area contributed by atoms with Gasteiger partial charge in [0.2, 0.25) is 5.91 Å². The van der Waals surface area contributed by atoms with Gasteiger partial charge in [-0.1, -0.05) is 0 Å². The zero-order valence-corrected chi connectivity index (χ0v) is 12.4. The fourth-order valence-corrected chi connectivity index (χ4v) is 2.76. The van der Waals surface area contributed by atoms with Crippen molar-refractivity contribution in [2.75, 3.05) is 38.7 Å². The van der Waals surface area contributed by atoms with Crippen LogP contribution in [0.1, 0.15) is 6.42 Å². The van der Waals surface area contributed by atoms with Gasteiger partial charge in [0.05, 0.1) is 5.69 Å². The van der Waals surface area contributed by atoms with Gasteiger partial charge in [-0.15, -0.1) is 0 Å². The zero-order valence-electron chi connectivity index (χ0n) is 12.4. The molecule has 0 aromatic heterocycles. The number of anilines is 1. The first-order valence-corrected chi connectivity index (χ1v) is 7.20. The first kappa shape index (κ1) is 14.2. The van der Waals surface area contributed by atoms with Crippen LogP contribution in [0.2, 0.25) is 0 Å². The first-order valence-electron chi connectivity index (χ1n) is 7.20. The van der Waals surface area contributed by atoms with Crippen molar-refractivity contribution >= 4 is 11.6 Å². The van der Waals surface area contributed by atoms with E-state index in [9.17, 15) is 4.79 Å². The van der Waals surface area contributed by atoms with E-state index >= 15 is 0 Å². The summed E-state index contributed by atoms with van der Waals surface area (Å²) < 4.78 is 11.6. The van der Waals surface area contributed by atoms with Gasteiger partial charge in [0.15, 0.2) is 0 Å². The second kappa shape index (κ2) is 5.54. The molecule has 1 saturated heterocycles. The average molecular weight is 291 g/mol. The summed E-state index contributed by atoms with van der Waals surface area (Å²) in [7, 11) is 3.80. The van der Waals surface area contributed by atoms with Crippen LogP contribution in [-0.2, 0) is 4.79 Å². The van der Waals surface area contributed by atoms with Crippen molar-refractivity contribution in [3.05, 3.63) is 18.2 Å². The number of likely N-dealkylation sites (tertiary alicyclic amines) is 1. The maximum absolute atomic E-state index is 12.1. The molecule has 2 atom stereocenters. The maximum atomic E-state index is 12.1. The fraction of sp³-hybridized carbons (Fsp3) is 0.533. The van der Waals surface area contributed by atoms with E-state index in [1.165, 1.54) is 0 Å². The highest BCUT2D eigenvalue weighted by Crippen LogP contribution is 2.34. The maximum Gasteiger partial charge on any atom is 0.247 e. The molecule has 0 bridgehead atoms. The van der Waals surface area contributed by atoms with E-state index < -0.39 is 6.04 Å². The van der Waals surface area contributed by atoms with E-state index in [0.717, 1.165) is 25.3 Å². The number of hydrogen-bond donors (Lipinski definition) is 1. The largest absolute Gasteiger partial charge is 0.489 e. The van der Waals surface area contributed by atoms with E-state index in [1.54, 1.807) is 11.9 Å². The molecule has 0 saturated carbocycles. The van der Waals surface area contributed by atoms with Gasteiger partial charge >= 0.3 is 0 Å². The molecule has 3 rings (SSSR count). The summed E-state index contributed by atoms with van der Waals surface area (Å²) in [5.41, 5.74) is 6.49. The van der Waals surface area contributed by atoms with Gasteiger partial charge in [0.1, 0.15) is 30.3 Å². The van der Waals surface area contributed by atoms with Gasteiger partial charge in [-0.2, -0.15) is 0 Å². The Hall–Kier alpha value is -1.79. The van der Waals surface area contributed by atoms with Crippen LogP contribution < -0.4 is 20.1 Å². The minimum atomic E-state index is -0.629. The lowest BCUT2D eigenvalue weighted by Gasteiger charge is -2.20. The third kappa shape index (κ3) is 2.82. The molecule has 6 nitrogen and oxygen atoms in total. The van der Waals surface area contributed by atoms with Crippen LogP contribution in [0.4, 0.5) is 5.69 Å². The molecular weight excluding hydrogens is 270 g/mol. The molecule has 2 aliphatic heterocycles. The summed E-state index contributed by atoms with van der Waals surface area (Å²) >= 11 is 0. The molecule has 0 aliphatic carbocycles. The van der Waals surface area contributed by atoms with Crippen LogP contribution in [0.15, 0.2) is 18.2 Å². The number of ether oxygens (including phenoxy) is 2. The molecule has 2 heterocycles. The number of amides is 1. The van der Waals surface area contributed by atoms with Crippen molar-refractivity contribution in [2.24, 2.45) is 5.73 Å². The van der Waals surface area contributed by atoms with Gasteiger partial charge in [-0.25, -0.2) is 0 Å². The Balaban J connectivity index is 1.82. The highest BCUT2D eigenvalue weighted by atomic mass is 16.5. The minimum absolute atomic E-state index is 0.147. The molecule has 1 aromatic carbocycles. The molecule has 114 valence electrons. The van der Waals surface area contributed by atoms with E-state index in [1.807, 2.05) is 18.2 Å². The van der Waals surface area contributed by atoms with Crippen molar-refractivity contribution in [3.8, 4) is 11.5 Å². The number of carbonyl (C=O) groups is 1. The number of nitrogens with zero attached hydrogens (tertiary/aromatic N) is 2. The van der Waals surface area contributed by atoms with Crippen LogP contribution >= 0.6 is 0 Å². The van der Waals surface area contributed by atoms with Crippen molar-refractivity contribution < 1.29 is 14.3 Å². The molecule has 0 radical (unpaired) electrons. The van der Waals surface area contributed by atoms with Gasteiger partial charge < -0.3 is 25.0 Å². The van der Waals surface area contributed by atoms with Crippen molar-refractivity contribution in [1.82, 2.24) is 4.90 Å². The molecule has 2 N–H and O–H groups in total. The van der Waals surface area contributed by atoms with Gasteiger partial charge in [0.25, 0.3) is 0 Å². The van der Waals surface area contributed by atoms with Crippen LogP contribution in [0.5, 0.6) is 11.5 Å². The normalized spacial score (nSPS) is 26.2. The molecule has 1 aromatic rings. The second-order valence-corrected chi connectivity index (χ2v) is 5.74. The Morgan fingerprint density at radius 3 is 2.90 bits per heavy atom. The Labute approximate surface area is 124 Å². The summed E-state index contributed by atoms with van der Waals surface area (Å²) in [4.78, 5) is 15.9. The summed E-state index contributed by atoms with van der Waals surface area (Å²) in [5, 5.41) is 0. The number of hydrogen-bond acceptors (Lipinski definition) is 5. The number of rotatable bonds is 2. The van der Waals surface area contributed by atoms with Crippen molar-refractivity contribution in [1.29, 1.82) is 0 Å². The minimum Gasteiger partial charge on any atom is -0.489 e. The van der Waals surface area contributed by atoms with E-state index in [0.29, 0.717) is 11.4 Å². The van der Waals surface area contributed by atoms with Crippen molar-refractivity contribution in [2.45, 2.75) is 18.6 Å². The lowest BCUT2D eigenvalue weighted by Crippen LogP contribution is -2.43. The van der Waals surface area contributed by atoms with Crippen LogP contribution in [-0.4, -0.2) is 56.7 Å². The quantitative estimate of drug-likeness (QED) is 0.857. The van der Waals surface area contributed by atoms with Gasteiger partial charge in [-0.3, -0.25) is 4.79 Å². The van der Waals surface area contributed by atoms with E-state index in [4.69, 9.17) is 15.2 Å². The second-order valence-electron chi connectivity index (χ2n) is 5.74. The summed E-state index contributed by atoms with van der Waals surface area (Å²) in [5.74, 6) is 1.27. The number of likely N-dealkylation sites (N-methyl/N-ethyl adjacent to an activating group) is 2. The summed E-state index contributed by atoms with van der Waals surface area (Å²) in [6.07, 6.45) is 1.21. The molecule has 1 amide bonds. The topological polar surface area (TPSA) is 68.0 Å². The molecular formula is C15H21N3O3. The highest BCUT2D eigenvalue weighted by Gasteiger charge is 2.27. The number of nitrogens with two attached hydrogens (primary N) is 1. The molecule has 6 heteroatoms. The van der Waals surface area contributed by atoms with Crippen molar-refractivity contribution in [3.63, 3.8) is 0 Å². The lowest BCUT2D eigenvalue weighted by molar-refractivity contribution is -0.119. The average Bonchev–Trinajstić information content (AvgIpc) is 2.84. The summed E-state index contributed by atoms with van der Waals surface area (Å²) in [6.45, 7) is 2.17. The van der Waals surface area contributed by atoms with E-state index in [-0.39, 0.29) is 18.6 Å². The molecule has 0 unspecified atom stereocenters. The summed E-state index contributed by atoms with van der Waals surface area (Å²) in [6, 6.07) is 4.94. The fourth-order valence-electron chi connectivity index (χ4n) is 2.76. The SMILES string of the molecule is CN1CC[C@@H](Oc2ccc3c(c2)N(C)C(=O)[C@@H](N)CO3)C1. The monoisotopic (exact) mass is 291 g/mol.